The van der Waals surface area contributed by atoms with Crippen molar-refractivity contribution in [2.75, 3.05) is 13.1 Å². The molecule has 2 heteroatoms. The number of hydrogen-bond donors (Lipinski definition) is 0. The summed E-state index contributed by atoms with van der Waals surface area (Å²) in [6.07, 6.45) is 0. The van der Waals surface area contributed by atoms with Crippen molar-refractivity contribution in [3.63, 3.8) is 0 Å². The summed E-state index contributed by atoms with van der Waals surface area (Å²) in [4.78, 5) is 2.81. The molecular formula is C16H18NS+. The van der Waals surface area contributed by atoms with Crippen molar-refractivity contribution >= 4 is 23.1 Å². The Balaban J connectivity index is 2.30. The van der Waals surface area contributed by atoms with E-state index in [1.54, 1.807) is 0 Å². The first kappa shape index (κ1) is 11.8. The maximum Gasteiger partial charge on any atom is 0.152 e. The number of rotatable bonds is 2. The van der Waals surface area contributed by atoms with Gasteiger partial charge in [0.25, 0.3) is 0 Å². The van der Waals surface area contributed by atoms with E-state index in [1.165, 1.54) is 21.2 Å². The Bertz CT molecular complexity index is 525. The van der Waals surface area contributed by atoms with Crippen molar-refractivity contribution in [1.82, 2.24) is 4.48 Å². The van der Waals surface area contributed by atoms with Crippen molar-refractivity contribution in [1.29, 1.82) is 0 Å². The van der Waals surface area contributed by atoms with E-state index in [0.29, 0.717) is 0 Å². The quantitative estimate of drug-likeness (QED) is 0.693. The third-order valence-corrected chi connectivity index (χ3v) is 5.08. The van der Waals surface area contributed by atoms with Crippen LogP contribution in [0.3, 0.4) is 0 Å². The van der Waals surface area contributed by atoms with Crippen molar-refractivity contribution < 1.29 is 0 Å². The van der Waals surface area contributed by atoms with Crippen LogP contribution in [0.5, 0.6) is 0 Å². The number of nitrogens with zero attached hydrogens (tertiary/aromatic N) is 1. The van der Waals surface area contributed by atoms with Crippen LogP contribution in [-0.2, 0) is 0 Å². The fraction of sp³-hybridized carbons (Fsp3) is 0.250. The molecule has 1 heterocycles. The molecule has 18 heavy (non-hydrogen) atoms. The van der Waals surface area contributed by atoms with Crippen LogP contribution in [0.2, 0.25) is 0 Å². The minimum absolute atomic E-state index is 0.972. The molecule has 0 saturated heterocycles. The lowest BCUT2D eigenvalue weighted by Crippen LogP contribution is -2.45. The molecule has 0 unspecified atom stereocenters. The van der Waals surface area contributed by atoms with E-state index < -0.39 is 0 Å². The van der Waals surface area contributed by atoms with Gasteiger partial charge in [0.05, 0.1) is 22.9 Å². The fourth-order valence-electron chi connectivity index (χ4n) is 2.95. The molecule has 0 saturated carbocycles. The van der Waals surface area contributed by atoms with Gasteiger partial charge in [-0.3, -0.25) is 4.48 Å². The average Bonchev–Trinajstić information content (AvgIpc) is 2.45. The van der Waals surface area contributed by atoms with E-state index >= 15 is 0 Å². The lowest BCUT2D eigenvalue weighted by Gasteiger charge is -2.40. The molecule has 0 bridgehead atoms. The SMILES string of the molecule is CC[N+]1(CC)c2ccccc2Sc2ccccc21. The molecule has 0 spiro atoms. The minimum Gasteiger partial charge on any atom is -0.257 e. The van der Waals surface area contributed by atoms with Gasteiger partial charge in [-0.05, 0) is 26.0 Å². The predicted molar refractivity (Wildman–Crippen MR) is 79.5 cm³/mol. The zero-order chi connectivity index (χ0) is 12.6. The molecule has 0 amide bonds. The van der Waals surface area contributed by atoms with Gasteiger partial charge in [0.1, 0.15) is 0 Å². The summed E-state index contributed by atoms with van der Waals surface area (Å²) >= 11 is 1.90. The van der Waals surface area contributed by atoms with Crippen LogP contribution in [0, 0.1) is 0 Å². The predicted octanol–water partition coefficient (Wildman–Crippen LogP) is 4.83. The highest BCUT2D eigenvalue weighted by Gasteiger charge is 2.38. The molecule has 3 rings (SSSR count). The van der Waals surface area contributed by atoms with Crippen molar-refractivity contribution in [3.8, 4) is 0 Å². The molecule has 1 aliphatic heterocycles. The normalized spacial score (nSPS) is 15.9. The standard InChI is InChI=1S/C16H18NS/c1-3-17(4-2)13-9-5-7-11-15(13)18-16-12-8-6-10-14(16)17/h5-12H,3-4H2,1-2H3/q+1. The highest BCUT2D eigenvalue weighted by molar-refractivity contribution is 7.99. The topological polar surface area (TPSA) is 0 Å². The Labute approximate surface area is 113 Å². The molecule has 2 aromatic rings. The molecule has 1 nitrogen and oxygen atoms in total. The lowest BCUT2D eigenvalue weighted by molar-refractivity contribution is 0.406. The van der Waals surface area contributed by atoms with Crippen LogP contribution < -0.4 is 4.48 Å². The number of quaternary nitrogens is 1. The van der Waals surface area contributed by atoms with Crippen LogP contribution in [0.15, 0.2) is 58.3 Å². The first-order chi connectivity index (χ1) is 8.81. The number of fused-ring (bicyclic) bond motifs is 2. The Morgan fingerprint density at radius 2 is 1.22 bits per heavy atom. The third kappa shape index (κ3) is 1.53. The van der Waals surface area contributed by atoms with E-state index in [9.17, 15) is 0 Å². The molecule has 0 aromatic heterocycles. The van der Waals surface area contributed by atoms with Gasteiger partial charge in [0.2, 0.25) is 0 Å². The first-order valence-corrected chi connectivity index (χ1v) is 7.37. The smallest absolute Gasteiger partial charge is 0.152 e. The third-order valence-electron chi connectivity index (χ3n) is 3.95. The van der Waals surface area contributed by atoms with Crippen LogP contribution in [0.25, 0.3) is 0 Å². The van der Waals surface area contributed by atoms with Gasteiger partial charge in [-0.25, -0.2) is 0 Å². The van der Waals surface area contributed by atoms with Gasteiger partial charge >= 0.3 is 0 Å². The molecule has 0 atom stereocenters. The van der Waals surface area contributed by atoms with Crippen LogP contribution >= 0.6 is 11.8 Å². The van der Waals surface area contributed by atoms with Crippen LogP contribution in [0.4, 0.5) is 11.4 Å². The Kier molecular flexibility index (Phi) is 2.92. The minimum atomic E-state index is 0.972. The zero-order valence-corrected chi connectivity index (χ0v) is 11.7. The Hall–Kier alpha value is -1.25. The second kappa shape index (κ2) is 4.45. The van der Waals surface area contributed by atoms with Crippen molar-refractivity contribution in [2.45, 2.75) is 23.6 Å². The molecule has 1 aliphatic rings. The number of benzene rings is 2. The van der Waals surface area contributed by atoms with E-state index in [2.05, 4.69) is 62.4 Å². The monoisotopic (exact) mass is 256 g/mol. The molecular weight excluding hydrogens is 238 g/mol. The molecule has 92 valence electrons. The summed E-state index contributed by atoms with van der Waals surface area (Å²) in [6, 6.07) is 17.6. The second-order valence-corrected chi connectivity index (χ2v) is 5.72. The lowest BCUT2D eigenvalue weighted by atomic mass is 10.1. The Morgan fingerprint density at radius 1 is 0.778 bits per heavy atom. The summed E-state index contributed by atoms with van der Waals surface area (Å²) in [5.41, 5.74) is 2.90. The average molecular weight is 256 g/mol. The van der Waals surface area contributed by atoms with Gasteiger partial charge in [-0.1, -0.05) is 36.0 Å². The largest absolute Gasteiger partial charge is 0.257 e. The van der Waals surface area contributed by atoms with E-state index in [4.69, 9.17) is 0 Å². The highest BCUT2D eigenvalue weighted by Crippen LogP contribution is 2.52. The van der Waals surface area contributed by atoms with Crippen molar-refractivity contribution in [2.24, 2.45) is 0 Å². The summed E-state index contributed by atoms with van der Waals surface area (Å²) in [5.74, 6) is 0. The van der Waals surface area contributed by atoms with Gasteiger partial charge in [-0.2, -0.15) is 0 Å². The summed E-state index contributed by atoms with van der Waals surface area (Å²) in [6.45, 7) is 6.77. The van der Waals surface area contributed by atoms with Crippen LogP contribution in [-0.4, -0.2) is 13.1 Å². The van der Waals surface area contributed by atoms with Crippen LogP contribution in [0.1, 0.15) is 13.8 Å². The van der Waals surface area contributed by atoms with E-state index in [-0.39, 0.29) is 0 Å². The number of para-hydroxylation sites is 2. The zero-order valence-electron chi connectivity index (χ0n) is 10.9. The maximum atomic E-state index is 2.28. The van der Waals surface area contributed by atoms with Gasteiger partial charge in [0.15, 0.2) is 11.4 Å². The van der Waals surface area contributed by atoms with Gasteiger partial charge in [0, 0.05) is 12.1 Å². The first-order valence-electron chi connectivity index (χ1n) is 6.56. The summed E-state index contributed by atoms with van der Waals surface area (Å²) in [5, 5.41) is 0. The maximum absolute atomic E-state index is 2.28. The second-order valence-electron chi connectivity index (χ2n) is 4.64. The number of hydrogen-bond acceptors (Lipinski definition) is 1. The Morgan fingerprint density at radius 3 is 1.67 bits per heavy atom. The van der Waals surface area contributed by atoms with E-state index in [1.807, 2.05) is 11.8 Å². The van der Waals surface area contributed by atoms with Crippen molar-refractivity contribution in [3.05, 3.63) is 48.5 Å². The molecule has 0 N–H and O–H groups in total. The van der Waals surface area contributed by atoms with Gasteiger partial charge in [-0.15, -0.1) is 0 Å². The molecule has 0 radical (unpaired) electrons. The highest BCUT2D eigenvalue weighted by atomic mass is 32.2. The summed E-state index contributed by atoms with van der Waals surface area (Å²) in [7, 11) is 0. The fourth-order valence-corrected chi connectivity index (χ4v) is 4.17. The summed E-state index contributed by atoms with van der Waals surface area (Å²) < 4.78 is 0.972. The molecule has 0 aliphatic carbocycles. The van der Waals surface area contributed by atoms with E-state index in [0.717, 1.165) is 17.6 Å². The molecule has 0 fully saturated rings. The molecule has 2 aromatic carbocycles. The van der Waals surface area contributed by atoms with Gasteiger partial charge < -0.3 is 0 Å².